The summed E-state index contributed by atoms with van der Waals surface area (Å²) in [5.74, 6) is 0.680. The number of carbonyl (C=O) groups excluding carboxylic acids is 1. The summed E-state index contributed by atoms with van der Waals surface area (Å²) in [4.78, 5) is 28.5. The third-order valence-electron chi connectivity index (χ3n) is 9.39. The van der Waals surface area contributed by atoms with Gasteiger partial charge in [-0.2, -0.15) is 15.2 Å². The minimum atomic E-state index is -3.10. The maximum Gasteiger partial charge on any atom is 0.318 e. The highest BCUT2D eigenvalue weighted by molar-refractivity contribution is 7.92. The highest BCUT2D eigenvalue weighted by Crippen LogP contribution is 2.36. The van der Waals surface area contributed by atoms with Gasteiger partial charge in [0.25, 0.3) is 0 Å². The summed E-state index contributed by atoms with van der Waals surface area (Å²) >= 11 is 0. The SMILES string of the molecule is C=CC(=O)N1CCN(c2nc(OCCCS(=O)(=O)C3CCC3)nc3c2CCN(c2cccc4cccc(C)c24)C3)C[C@@H]1CC#N. The molecule has 0 unspecified atom stereocenters. The predicted octanol–water partition coefficient (Wildman–Crippen LogP) is 4.35. The lowest BCUT2D eigenvalue weighted by atomic mass is 9.99. The molecule has 0 bridgehead atoms. The Hall–Kier alpha value is -4.17. The van der Waals surface area contributed by atoms with Crippen molar-refractivity contribution in [2.45, 2.75) is 63.3 Å². The van der Waals surface area contributed by atoms with Crippen LogP contribution in [0.2, 0.25) is 0 Å². The van der Waals surface area contributed by atoms with Gasteiger partial charge < -0.3 is 19.4 Å². The van der Waals surface area contributed by atoms with Gasteiger partial charge in [-0.3, -0.25) is 4.79 Å². The largest absolute Gasteiger partial charge is 0.463 e. The van der Waals surface area contributed by atoms with Crippen LogP contribution in [-0.2, 0) is 27.6 Å². The molecule has 236 valence electrons. The van der Waals surface area contributed by atoms with Gasteiger partial charge in [0.15, 0.2) is 9.84 Å². The van der Waals surface area contributed by atoms with Crippen LogP contribution in [0.25, 0.3) is 10.8 Å². The number of anilines is 2. The van der Waals surface area contributed by atoms with Gasteiger partial charge in [-0.05, 0) is 55.7 Å². The Morgan fingerprint density at radius 1 is 1.13 bits per heavy atom. The molecule has 1 saturated heterocycles. The highest BCUT2D eigenvalue weighted by Gasteiger charge is 2.34. The van der Waals surface area contributed by atoms with Gasteiger partial charge in [0.05, 0.1) is 48.4 Å². The van der Waals surface area contributed by atoms with Crippen LogP contribution in [0.4, 0.5) is 11.5 Å². The van der Waals surface area contributed by atoms with Crippen molar-refractivity contribution in [2.75, 3.05) is 48.3 Å². The lowest BCUT2D eigenvalue weighted by Gasteiger charge is -2.42. The molecule has 0 radical (unpaired) electrons. The molecule has 1 atom stereocenters. The van der Waals surface area contributed by atoms with Crippen LogP contribution in [0.15, 0.2) is 49.1 Å². The summed E-state index contributed by atoms with van der Waals surface area (Å²) in [5, 5.41) is 11.7. The number of fused-ring (bicyclic) bond motifs is 2. The number of piperazine rings is 1. The van der Waals surface area contributed by atoms with Crippen LogP contribution >= 0.6 is 0 Å². The van der Waals surface area contributed by atoms with E-state index in [0.717, 1.165) is 55.0 Å². The zero-order valence-electron chi connectivity index (χ0n) is 25.8. The second-order valence-corrected chi connectivity index (χ2v) is 14.6. The molecule has 1 amide bonds. The molecule has 1 aromatic heterocycles. The number of nitriles is 1. The first kappa shape index (κ1) is 30.8. The number of benzene rings is 2. The molecule has 2 aliphatic heterocycles. The number of hydrogen-bond donors (Lipinski definition) is 0. The standard InChI is InChI=1S/C34H40N6O4S/c1-3-31(41)40-19-18-39(22-26(40)14-16-35)33-28-15-17-38(30-13-5-10-25-9-4-8-24(2)32(25)30)23-29(28)36-34(37-33)44-20-7-21-45(42,43)27-11-6-12-27/h3-5,8-10,13,26-27H,1,6-7,11-12,14-15,17-23H2,2H3/t26-/m0/s1. The number of sulfone groups is 1. The predicted molar refractivity (Wildman–Crippen MR) is 175 cm³/mol. The van der Waals surface area contributed by atoms with E-state index in [1.54, 1.807) is 4.90 Å². The van der Waals surface area contributed by atoms with E-state index in [0.29, 0.717) is 32.6 Å². The summed E-state index contributed by atoms with van der Waals surface area (Å²) in [6.07, 6.45) is 5.10. The zero-order valence-corrected chi connectivity index (χ0v) is 26.6. The summed E-state index contributed by atoms with van der Waals surface area (Å²) in [7, 11) is -3.10. The Morgan fingerprint density at radius 3 is 2.67 bits per heavy atom. The normalized spacial score (nSPS) is 18.7. The summed E-state index contributed by atoms with van der Waals surface area (Å²) in [5.41, 5.74) is 4.29. The zero-order chi connectivity index (χ0) is 31.6. The van der Waals surface area contributed by atoms with Crippen molar-refractivity contribution >= 4 is 38.0 Å². The minimum absolute atomic E-state index is 0.0960. The first-order chi connectivity index (χ1) is 21.8. The van der Waals surface area contributed by atoms with Gasteiger partial charge in [-0.25, -0.2) is 8.42 Å². The molecule has 3 aliphatic rings. The molecular weight excluding hydrogens is 588 g/mol. The number of rotatable bonds is 10. The van der Waals surface area contributed by atoms with Crippen molar-refractivity contribution in [3.63, 3.8) is 0 Å². The van der Waals surface area contributed by atoms with Crippen LogP contribution in [0.1, 0.15) is 48.9 Å². The molecule has 1 aliphatic carbocycles. The van der Waals surface area contributed by atoms with Crippen LogP contribution in [0.5, 0.6) is 6.01 Å². The Morgan fingerprint density at radius 2 is 1.93 bits per heavy atom. The maximum absolute atomic E-state index is 12.6. The van der Waals surface area contributed by atoms with Gasteiger partial charge in [0, 0.05) is 42.8 Å². The fraction of sp³-hybridized carbons (Fsp3) is 0.471. The van der Waals surface area contributed by atoms with Crippen molar-refractivity contribution in [2.24, 2.45) is 0 Å². The van der Waals surface area contributed by atoms with Gasteiger partial charge >= 0.3 is 6.01 Å². The molecular formula is C34H40N6O4S. The van der Waals surface area contributed by atoms with Crippen molar-refractivity contribution in [1.29, 1.82) is 5.26 Å². The van der Waals surface area contributed by atoms with E-state index < -0.39 is 9.84 Å². The van der Waals surface area contributed by atoms with Crippen molar-refractivity contribution in [1.82, 2.24) is 14.9 Å². The van der Waals surface area contributed by atoms with E-state index in [4.69, 9.17) is 14.7 Å². The van der Waals surface area contributed by atoms with E-state index in [1.165, 1.54) is 22.4 Å². The number of nitrogens with zero attached hydrogens (tertiary/aromatic N) is 6. The number of amides is 1. The lowest BCUT2D eigenvalue weighted by Crippen LogP contribution is -2.55. The Kier molecular flexibility index (Phi) is 8.95. The van der Waals surface area contributed by atoms with E-state index in [-0.39, 0.29) is 42.0 Å². The number of carbonyl (C=O) groups is 1. The van der Waals surface area contributed by atoms with Crippen LogP contribution in [-0.4, -0.2) is 79.0 Å². The smallest absolute Gasteiger partial charge is 0.318 e. The molecule has 1 saturated carbocycles. The topological polar surface area (TPSA) is 120 Å². The van der Waals surface area contributed by atoms with Gasteiger partial charge in [-0.15, -0.1) is 0 Å². The average molecular weight is 629 g/mol. The van der Waals surface area contributed by atoms with Crippen molar-refractivity contribution in [3.8, 4) is 12.1 Å². The van der Waals surface area contributed by atoms with Gasteiger partial charge in [0.2, 0.25) is 5.91 Å². The minimum Gasteiger partial charge on any atom is -0.463 e. The van der Waals surface area contributed by atoms with Crippen molar-refractivity contribution in [3.05, 3.63) is 65.9 Å². The number of hydrogen-bond acceptors (Lipinski definition) is 9. The highest BCUT2D eigenvalue weighted by atomic mass is 32.2. The molecule has 2 aromatic carbocycles. The Balaban J connectivity index is 1.29. The first-order valence-electron chi connectivity index (χ1n) is 15.8. The maximum atomic E-state index is 12.6. The number of aromatic nitrogens is 2. The van der Waals surface area contributed by atoms with Gasteiger partial charge in [0.1, 0.15) is 5.82 Å². The molecule has 2 fully saturated rings. The third kappa shape index (κ3) is 6.34. The van der Waals surface area contributed by atoms with Gasteiger partial charge in [-0.1, -0.05) is 43.3 Å². The third-order valence-corrected chi connectivity index (χ3v) is 11.7. The molecule has 11 heteroatoms. The second kappa shape index (κ2) is 13.1. The lowest BCUT2D eigenvalue weighted by molar-refractivity contribution is -0.128. The Labute approximate surface area is 265 Å². The molecule has 6 rings (SSSR count). The number of ether oxygens (including phenoxy) is 1. The first-order valence-corrected chi connectivity index (χ1v) is 17.5. The molecule has 3 aromatic rings. The summed E-state index contributed by atoms with van der Waals surface area (Å²) in [6, 6.07) is 14.9. The van der Waals surface area contributed by atoms with E-state index in [9.17, 15) is 18.5 Å². The molecule has 45 heavy (non-hydrogen) atoms. The monoisotopic (exact) mass is 628 g/mol. The average Bonchev–Trinajstić information content (AvgIpc) is 3.01. The van der Waals surface area contributed by atoms with Crippen LogP contribution in [0, 0.1) is 18.3 Å². The van der Waals surface area contributed by atoms with Crippen molar-refractivity contribution < 1.29 is 17.9 Å². The van der Waals surface area contributed by atoms with E-state index in [1.807, 2.05) is 0 Å². The van der Waals surface area contributed by atoms with E-state index >= 15 is 0 Å². The fourth-order valence-corrected chi connectivity index (χ4v) is 8.65. The fourth-order valence-electron chi connectivity index (χ4n) is 6.74. The van der Waals surface area contributed by atoms with Crippen LogP contribution < -0.4 is 14.5 Å². The molecule has 0 N–H and O–H groups in total. The second-order valence-electron chi connectivity index (χ2n) is 12.2. The number of aryl methyl sites for hydroxylation is 1. The summed E-state index contributed by atoms with van der Waals surface area (Å²) in [6.45, 7) is 8.79. The molecule has 10 nitrogen and oxygen atoms in total. The van der Waals surface area contributed by atoms with Crippen LogP contribution in [0.3, 0.4) is 0 Å². The molecule has 3 heterocycles. The summed E-state index contributed by atoms with van der Waals surface area (Å²) < 4.78 is 31.2. The van der Waals surface area contributed by atoms with E-state index in [2.05, 4.69) is 65.8 Å². The quantitative estimate of drug-likeness (QED) is 0.238. The molecule has 0 spiro atoms. The Bertz CT molecular complexity index is 1740.